The number of rotatable bonds is 5. The van der Waals surface area contributed by atoms with Crippen LogP contribution in [0.1, 0.15) is 42.4 Å². The summed E-state index contributed by atoms with van der Waals surface area (Å²) < 4.78 is 5.29. The first-order valence-corrected chi connectivity index (χ1v) is 8.32. The molecular formula is C17H30N4O3S. The normalized spacial score (nSPS) is 17.7. The largest absolute Gasteiger partial charge is 0.413 e. The van der Waals surface area contributed by atoms with Gasteiger partial charge in [-0.25, -0.2) is 0 Å². The molecule has 8 heteroatoms. The van der Waals surface area contributed by atoms with Crippen LogP contribution >= 0.6 is 12.2 Å². The molecule has 0 spiro atoms. The summed E-state index contributed by atoms with van der Waals surface area (Å²) in [5.41, 5.74) is 4.85. The van der Waals surface area contributed by atoms with Crippen molar-refractivity contribution in [2.24, 2.45) is 10.8 Å². The zero-order valence-corrected chi connectivity index (χ0v) is 16.0. The highest BCUT2D eigenvalue weighted by atomic mass is 32.1. The summed E-state index contributed by atoms with van der Waals surface area (Å²) in [5, 5.41) is 2.65. The second-order valence-electron chi connectivity index (χ2n) is 6.89. The number of amides is 2. The van der Waals surface area contributed by atoms with Gasteiger partial charge in [-0.2, -0.15) is 0 Å². The van der Waals surface area contributed by atoms with Crippen molar-refractivity contribution in [1.29, 1.82) is 0 Å². The third-order valence-electron chi connectivity index (χ3n) is 4.41. The Morgan fingerprint density at radius 2 is 1.40 bits per heavy atom. The fourth-order valence-corrected chi connectivity index (χ4v) is 2.43. The van der Waals surface area contributed by atoms with Crippen LogP contribution in [-0.4, -0.2) is 41.1 Å². The van der Waals surface area contributed by atoms with Crippen LogP contribution in [-0.2, 0) is 14.3 Å². The predicted molar refractivity (Wildman–Crippen MR) is 103 cm³/mol. The zero-order chi connectivity index (χ0) is 19.4. The molecule has 2 aliphatic carbocycles. The van der Waals surface area contributed by atoms with Crippen molar-refractivity contribution in [1.82, 2.24) is 20.9 Å². The molecule has 0 unspecified atom stereocenters. The Kier molecular flexibility index (Phi) is 6.43. The van der Waals surface area contributed by atoms with Crippen LogP contribution in [0.25, 0.3) is 0 Å². The molecule has 2 N–H and O–H groups in total. The minimum atomic E-state index is -0.293. The van der Waals surface area contributed by atoms with Crippen molar-refractivity contribution in [3.63, 3.8) is 0 Å². The van der Waals surface area contributed by atoms with Crippen molar-refractivity contribution >= 4 is 29.2 Å². The molecule has 0 aromatic rings. The van der Waals surface area contributed by atoms with Gasteiger partial charge in [-0.3, -0.25) is 30.5 Å². The number of carbonyl (C=O) groups excluding carboxylic acids is 2. The van der Waals surface area contributed by atoms with E-state index in [0.29, 0.717) is 0 Å². The number of nitrogens with one attached hydrogen (secondary N) is 2. The van der Waals surface area contributed by atoms with Crippen LogP contribution in [0.3, 0.4) is 0 Å². The molecule has 2 amide bonds. The van der Waals surface area contributed by atoms with Crippen LogP contribution in [0.5, 0.6) is 0 Å². The SMILES string of the molecule is C#C.C=C(NN(C)C(=O)C1(C)CC1)OC(=S)NN(C)C(=O)C1(C)CC1.[HH].[HH]. The van der Waals surface area contributed by atoms with E-state index in [1.54, 1.807) is 14.1 Å². The van der Waals surface area contributed by atoms with E-state index < -0.39 is 0 Å². The van der Waals surface area contributed by atoms with Gasteiger partial charge in [-0.1, -0.05) is 13.8 Å². The Balaban J connectivity index is 0. The standard InChI is InChI=1S/C15H24N4O3S.C2H2.2H2/c1-10(16-18(4)11(20)14(2)6-7-14)22-13(23)17-19(5)12(21)15(3)8-9-15;1-2;;/h16H,1,6-9H2,2-5H3,(H,17,23);1-2H;2*1H. The van der Waals surface area contributed by atoms with E-state index in [-0.39, 0.29) is 36.6 Å². The molecule has 0 atom stereocenters. The summed E-state index contributed by atoms with van der Waals surface area (Å²) in [6.45, 7) is 7.51. The minimum absolute atomic E-state index is 0. The van der Waals surface area contributed by atoms with Gasteiger partial charge in [0.15, 0.2) is 0 Å². The average molecular weight is 371 g/mol. The lowest BCUT2D eigenvalue weighted by Crippen LogP contribution is -2.47. The molecule has 25 heavy (non-hydrogen) atoms. The highest BCUT2D eigenvalue weighted by Crippen LogP contribution is 2.46. The van der Waals surface area contributed by atoms with E-state index in [2.05, 4.69) is 30.3 Å². The van der Waals surface area contributed by atoms with Gasteiger partial charge in [-0.05, 0) is 44.5 Å². The Morgan fingerprint density at radius 1 is 1.04 bits per heavy atom. The molecule has 0 aromatic carbocycles. The van der Waals surface area contributed by atoms with E-state index in [4.69, 9.17) is 17.0 Å². The Hall–Kier alpha value is -2.27. The lowest BCUT2D eigenvalue weighted by molar-refractivity contribution is -0.137. The molecule has 0 saturated heterocycles. The Labute approximate surface area is 157 Å². The van der Waals surface area contributed by atoms with Crippen molar-refractivity contribution < 1.29 is 17.2 Å². The molecule has 0 bridgehead atoms. The number of terminal acetylenes is 1. The maximum atomic E-state index is 12.1. The van der Waals surface area contributed by atoms with E-state index >= 15 is 0 Å². The van der Waals surface area contributed by atoms with Gasteiger partial charge >= 0.3 is 0 Å². The first-order valence-electron chi connectivity index (χ1n) is 7.91. The van der Waals surface area contributed by atoms with Crippen molar-refractivity contribution in [3.8, 4) is 12.8 Å². The smallest absolute Gasteiger partial charge is 0.282 e. The molecule has 2 fully saturated rings. The van der Waals surface area contributed by atoms with Crippen molar-refractivity contribution in [2.45, 2.75) is 39.5 Å². The number of hydrazine groups is 2. The van der Waals surface area contributed by atoms with E-state index in [1.165, 1.54) is 10.0 Å². The van der Waals surface area contributed by atoms with Crippen LogP contribution in [0.4, 0.5) is 0 Å². The van der Waals surface area contributed by atoms with Gasteiger partial charge in [-0.15, -0.1) is 12.8 Å². The van der Waals surface area contributed by atoms with Gasteiger partial charge in [0.05, 0.1) is 0 Å². The number of hydrogen-bond acceptors (Lipinski definition) is 5. The molecule has 0 aliphatic heterocycles. The van der Waals surface area contributed by atoms with Gasteiger partial charge < -0.3 is 4.74 Å². The van der Waals surface area contributed by atoms with Gasteiger partial charge in [0.25, 0.3) is 5.17 Å². The van der Waals surface area contributed by atoms with Crippen LogP contribution < -0.4 is 10.9 Å². The maximum Gasteiger partial charge on any atom is 0.282 e. The third-order valence-corrected chi connectivity index (χ3v) is 4.58. The number of carbonyl (C=O) groups is 2. The molecule has 2 rings (SSSR count). The lowest BCUT2D eigenvalue weighted by atomic mass is 10.1. The Bertz CT molecular complexity index is 556. The molecule has 7 nitrogen and oxygen atoms in total. The summed E-state index contributed by atoms with van der Waals surface area (Å²) in [6, 6.07) is 0. The Morgan fingerprint density at radius 3 is 1.76 bits per heavy atom. The molecule has 2 saturated carbocycles. The number of nitrogens with zero attached hydrogens (tertiary/aromatic N) is 2. The molecule has 0 aromatic heterocycles. The third kappa shape index (κ3) is 5.36. The summed E-state index contributed by atoms with van der Waals surface area (Å²) in [6.07, 6.45) is 11.5. The van der Waals surface area contributed by atoms with Crippen LogP contribution in [0.15, 0.2) is 12.5 Å². The first kappa shape index (κ1) is 20.8. The summed E-state index contributed by atoms with van der Waals surface area (Å²) in [4.78, 5) is 24.2. The predicted octanol–water partition coefficient (Wildman–Crippen LogP) is 2.03. The second-order valence-corrected chi connectivity index (χ2v) is 7.26. The van der Waals surface area contributed by atoms with Crippen LogP contribution in [0.2, 0.25) is 0 Å². The van der Waals surface area contributed by atoms with Gasteiger partial charge in [0.1, 0.15) is 0 Å². The molecule has 2 aliphatic rings. The molecule has 0 heterocycles. The van der Waals surface area contributed by atoms with Gasteiger partial charge in [0.2, 0.25) is 17.7 Å². The second kappa shape index (κ2) is 7.74. The summed E-state index contributed by atoms with van der Waals surface area (Å²) in [7, 11) is 3.21. The number of thiocarbonyl (C=S) groups is 1. The minimum Gasteiger partial charge on any atom is -0.413 e. The number of hydrogen-bond donors (Lipinski definition) is 2. The first-order chi connectivity index (χ1) is 11.6. The number of ether oxygens (including phenoxy) is 1. The van der Waals surface area contributed by atoms with Crippen LogP contribution in [0, 0.1) is 23.7 Å². The van der Waals surface area contributed by atoms with E-state index in [9.17, 15) is 9.59 Å². The average Bonchev–Trinajstić information content (AvgIpc) is 3.47. The fourth-order valence-electron chi connectivity index (χ4n) is 2.20. The van der Waals surface area contributed by atoms with Gasteiger partial charge in [0, 0.05) is 27.8 Å². The molecule has 142 valence electrons. The lowest BCUT2D eigenvalue weighted by Gasteiger charge is -2.25. The van der Waals surface area contributed by atoms with E-state index in [0.717, 1.165) is 25.7 Å². The quantitative estimate of drug-likeness (QED) is 0.334. The monoisotopic (exact) mass is 370 g/mol. The topological polar surface area (TPSA) is 73.9 Å². The maximum absolute atomic E-state index is 12.1. The highest BCUT2D eigenvalue weighted by Gasteiger charge is 2.47. The highest BCUT2D eigenvalue weighted by molar-refractivity contribution is 7.80. The fraction of sp³-hybridized carbons (Fsp3) is 0.588. The molecule has 0 radical (unpaired) electrons. The van der Waals surface area contributed by atoms with E-state index in [1.807, 2.05) is 13.8 Å². The summed E-state index contributed by atoms with van der Waals surface area (Å²) >= 11 is 5.04. The zero-order valence-electron chi connectivity index (χ0n) is 15.2. The molecular weight excluding hydrogens is 340 g/mol. The van der Waals surface area contributed by atoms with Crippen molar-refractivity contribution in [2.75, 3.05) is 14.1 Å². The van der Waals surface area contributed by atoms with Crippen molar-refractivity contribution in [3.05, 3.63) is 12.5 Å². The summed E-state index contributed by atoms with van der Waals surface area (Å²) in [5.74, 6) is 0.0622.